The summed E-state index contributed by atoms with van der Waals surface area (Å²) < 4.78 is 5.44. The summed E-state index contributed by atoms with van der Waals surface area (Å²) in [6.07, 6.45) is 6.61. The number of unbranched alkanes of at least 4 members (excludes halogenated alkanes) is 1. The molecule has 0 bridgehead atoms. The van der Waals surface area contributed by atoms with Gasteiger partial charge in [0.05, 0.1) is 21.4 Å². The number of piperidine rings is 1. The van der Waals surface area contributed by atoms with E-state index in [9.17, 15) is 0 Å². The van der Waals surface area contributed by atoms with Crippen molar-refractivity contribution in [3.05, 3.63) is 52.0 Å². The average molecular weight is 452 g/mol. The molecule has 4 rings (SSSR count). The monoisotopic (exact) mass is 451 g/mol. The van der Waals surface area contributed by atoms with Crippen LogP contribution in [0.3, 0.4) is 0 Å². The molecule has 1 fully saturated rings. The highest BCUT2D eigenvalue weighted by Crippen LogP contribution is 2.50. The minimum Gasteiger partial charge on any atom is -0.385 e. The molecule has 0 saturated carbocycles. The Kier molecular flexibility index (Phi) is 7.14. The van der Waals surface area contributed by atoms with Crippen molar-refractivity contribution in [3.8, 4) is 0 Å². The molecule has 7 heteroatoms. The van der Waals surface area contributed by atoms with E-state index in [1.807, 2.05) is 23.5 Å². The SMILES string of the molecule is CSON1c2ccc(NCCCCN3CCC(c4cccc(Cl)c4Cl)CC3)cc21. The zero-order valence-corrected chi connectivity index (χ0v) is 19.0. The Bertz CT molecular complexity index is 843. The third-order valence-electron chi connectivity index (χ3n) is 5.75. The Morgan fingerprint density at radius 3 is 2.72 bits per heavy atom. The number of rotatable bonds is 9. The third kappa shape index (κ3) is 5.15. The van der Waals surface area contributed by atoms with Gasteiger partial charge < -0.3 is 10.2 Å². The lowest BCUT2D eigenvalue weighted by Crippen LogP contribution is -2.33. The number of halogens is 2. The largest absolute Gasteiger partial charge is 0.385 e. The first kappa shape index (κ1) is 21.1. The lowest BCUT2D eigenvalue weighted by Gasteiger charge is -2.32. The predicted octanol–water partition coefficient (Wildman–Crippen LogP) is 6.73. The Morgan fingerprint density at radius 2 is 1.93 bits per heavy atom. The van der Waals surface area contributed by atoms with Crippen LogP contribution in [0.1, 0.15) is 37.2 Å². The Balaban J connectivity index is 1.13. The number of likely N-dealkylation sites (tertiary alicyclic amines) is 1. The number of nitrogens with one attached hydrogen (secondary N) is 1. The van der Waals surface area contributed by atoms with E-state index in [1.54, 1.807) is 0 Å². The quantitative estimate of drug-likeness (QED) is 0.259. The fourth-order valence-electron chi connectivity index (χ4n) is 4.09. The number of fused-ring (bicyclic) bond motifs is 1. The van der Waals surface area contributed by atoms with E-state index in [1.165, 1.54) is 30.4 Å². The van der Waals surface area contributed by atoms with Crippen LogP contribution in [-0.2, 0) is 4.28 Å². The molecule has 0 unspecified atom stereocenters. The molecule has 2 aliphatic rings. The van der Waals surface area contributed by atoms with Crippen molar-refractivity contribution in [2.24, 2.45) is 0 Å². The van der Waals surface area contributed by atoms with Crippen molar-refractivity contribution in [3.63, 3.8) is 0 Å². The highest BCUT2D eigenvalue weighted by Gasteiger charge is 2.30. The second-order valence-corrected chi connectivity index (χ2v) is 8.90. The van der Waals surface area contributed by atoms with Gasteiger partial charge in [0.2, 0.25) is 0 Å². The highest BCUT2D eigenvalue weighted by molar-refractivity contribution is 7.94. The standard InChI is InChI=1S/C22H27Cl2N3OS/c1-29-28-27-20-8-7-17(15-21(20)27)25-11-2-3-12-26-13-9-16(10-14-26)18-5-4-6-19(23)22(18)24/h4-8,15-16,25H,2-3,9-14H2,1H3. The minimum atomic E-state index is 0.528. The summed E-state index contributed by atoms with van der Waals surface area (Å²) >= 11 is 13.9. The minimum absolute atomic E-state index is 0.528. The van der Waals surface area contributed by atoms with Gasteiger partial charge in [-0.15, -0.1) is 0 Å². The summed E-state index contributed by atoms with van der Waals surface area (Å²) in [5.74, 6) is 0.528. The molecule has 0 amide bonds. The first-order chi connectivity index (χ1) is 14.2. The Morgan fingerprint density at radius 1 is 1.10 bits per heavy atom. The fourth-order valence-corrected chi connectivity index (χ4v) is 4.86. The second kappa shape index (κ2) is 9.80. The van der Waals surface area contributed by atoms with Gasteiger partial charge >= 0.3 is 0 Å². The molecule has 0 spiro atoms. The summed E-state index contributed by atoms with van der Waals surface area (Å²) in [4.78, 5) is 2.58. The topological polar surface area (TPSA) is 27.5 Å². The van der Waals surface area contributed by atoms with Crippen LogP contribution in [0.4, 0.5) is 17.1 Å². The van der Waals surface area contributed by atoms with Crippen molar-refractivity contribution in [1.29, 1.82) is 0 Å². The lowest BCUT2D eigenvalue weighted by molar-refractivity contribution is 0.209. The first-order valence-electron chi connectivity index (χ1n) is 10.2. The average Bonchev–Trinajstić information content (AvgIpc) is 3.42. The van der Waals surface area contributed by atoms with Gasteiger partial charge in [-0.3, -0.25) is 0 Å². The van der Waals surface area contributed by atoms with Gasteiger partial charge in [0, 0.05) is 30.5 Å². The molecule has 156 valence electrons. The smallest absolute Gasteiger partial charge is 0.0991 e. The van der Waals surface area contributed by atoms with Crippen LogP contribution in [0, 0.1) is 0 Å². The normalized spacial score (nSPS) is 16.7. The maximum Gasteiger partial charge on any atom is 0.0991 e. The molecule has 1 N–H and O–H groups in total. The van der Waals surface area contributed by atoms with Crippen molar-refractivity contribution in [2.75, 3.05) is 42.8 Å². The van der Waals surface area contributed by atoms with E-state index >= 15 is 0 Å². The zero-order valence-electron chi connectivity index (χ0n) is 16.7. The van der Waals surface area contributed by atoms with E-state index in [2.05, 4.69) is 34.5 Å². The van der Waals surface area contributed by atoms with Gasteiger partial charge in [-0.05, 0) is 81.1 Å². The zero-order chi connectivity index (χ0) is 20.2. The number of anilines is 3. The summed E-state index contributed by atoms with van der Waals surface area (Å²) in [7, 11) is 0. The molecule has 0 aromatic heterocycles. The molecule has 1 saturated heterocycles. The predicted molar refractivity (Wildman–Crippen MR) is 126 cm³/mol. The van der Waals surface area contributed by atoms with Gasteiger partial charge in [0.1, 0.15) is 0 Å². The van der Waals surface area contributed by atoms with Crippen LogP contribution in [0.2, 0.25) is 10.0 Å². The summed E-state index contributed by atoms with van der Waals surface area (Å²) in [5.41, 5.74) is 4.70. The van der Waals surface area contributed by atoms with Gasteiger partial charge in [-0.2, -0.15) is 4.28 Å². The summed E-state index contributed by atoms with van der Waals surface area (Å²) in [5, 5.41) is 6.79. The van der Waals surface area contributed by atoms with Gasteiger partial charge in [0.15, 0.2) is 0 Å². The molecule has 2 heterocycles. The molecular weight excluding hydrogens is 425 g/mol. The van der Waals surface area contributed by atoms with E-state index in [0.717, 1.165) is 61.1 Å². The van der Waals surface area contributed by atoms with Crippen LogP contribution >= 0.6 is 35.2 Å². The van der Waals surface area contributed by atoms with Crippen LogP contribution in [-0.4, -0.2) is 37.3 Å². The van der Waals surface area contributed by atoms with Crippen LogP contribution < -0.4 is 10.4 Å². The maximum absolute atomic E-state index is 6.41. The maximum atomic E-state index is 6.41. The third-order valence-corrected chi connectivity index (χ3v) is 6.88. The number of benzene rings is 2. The van der Waals surface area contributed by atoms with Crippen molar-refractivity contribution in [2.45, 2.75) is 31.6 Å². The molecule has 0 aliphatic carbocycles. The Labute approximate surface area is 187 Å². The van der Waals surface area contributed by atoms with Crippen molar-refractivity contribution >= 4 is 52.3 Å². The molecule has 29 heavy (non-hydrogen) atoms. The number of hydrogen-bond acceptors (Lipinski definition) is 5. The van der Waals surface area contributed by atoms with Gasteiger partial charge in [-0.1, -0.05) is 35.3 Å². The summed E-state index contributed by atoms with van der Waals surface area (Å²) in [6.45, 7) is 4.43. The molecule has 2 aromatic carbocycles. The first-order valence-corrected chi connectivity index (χ1v) is 12.1. The van der Waals surface area contributed by atoms with Gasteiger partial charge in [-0.25, -0.2) is 5.06 Å². The van der Waals surface area contributed by atoms with E-state index < -0.39 is 0 Å². The van der Waals surface area contributed by atoms with Crippen LogP contribution in [0.5, 0.6) is 0 Å². The van der Waals surface area contributed by atoms with E-state index in [0.29, 0.717) is 10.9 Å². The molecule has 0 radical (unpaired) electrons. The molecular formula is C22H27Cl2N3OS. The lowest BCUT2D eigenvalue weighted by atomic mass is 9.89. The number of hydrogen-bond donors (Lipinski definition) is 1. The van der Waals surface area contributed by atoms with Crippen LogP contribution in [0.15, 0.2) is 36.4 Å². The summed E-state index contributed by atoms with van der Waals surface area (Å²) in [6, 6.07) is 12.4. The van der Waals surface area contributed by atoms with E-state index in [-0.39, 0.29) is 0 Å². The van der Waals surface area contributed by atoms with Crippen LogP contribution in [0.25, 0.3) is 0 Å². The number of nitrogens with zero attached hydrogens (tertiary/aromatic N) is 2. The molecule has 0 atom stereocenters. The van der Waals surface area contributed by atoms with Gasteiger partial charge in [0.25, 0.3) is 0 Å². The van der Waals surface area contributed by atoms with Crippen molar-refractivity contribution in [1.82, 2.24) is 4.90 Å². The Hall–Kier alpha value is -1.11. The molecule has 2 aliphatic heterocycles. The highest BCUT2D eigenvalue weighted by atomic mass is 35.5. The molecule has 2 aromatic rings. The van der Waals surface area contributed by atoms with E-state index in [4.69, 9.17) is 27.5 Å². The van der Waals surface area contributed by atoms with Crippen molar-refractivity contribution < 1.29 is 4.28 Å². The fraction of sp³-hybridized carbons (Fsp3) is 0.455. The second-order valence-electron chi connectivity index (χ2n) is 7.63. The molecule has 4 nitrogen and oxygen atoms in total.